The fourth-order valence-electron chi connectivity index (χ4n) is 8.29. The number of hydrogen-bond donors (Lipinski definition) is 0. The van der Waals surface area contributed by atoms with Gasteiger partial charge in [0.15, 0.2) is 0 Å². The molecule has 0 aromatic heterocycles. The standard InChI is InChI=1S/C25H38O3/c1-15-13-22-20-8-7-18-14-19(28-17(3)27)9-11-23(18,4)21(20)10-12-24(22,5)25(15,6)16(2)26/h7,15,19-22H,8-14H2,1-6H3/t15-,19+,20-,21-,22-,23+,24+,25-/m1/s1. The Hall–Kier alpha value is -1.12. The van der Waals surface area contributed by atoms with Crippen LogP contribution in [0.2, 0.25) is 0 Å². The molecule has 0 spiro atoms. The van der Waals surface area contributed by atoms with Crippen molar-refractivity contribution >= 4 is 11.8 Å². The van der Waals surface area contributed by atoms with Crippen molar-refractivity contribution in [2.24, 2.45) is 39.9 Å². The molecule has 0 heterocycles. The number of Topliss-reactive ketones (excluding diaryl/α,β-unsaturated/α-hetero) is 1. The average Bonchev–Trinajstić information content (AvgIpc) is 2.83. The summed E-state index contributed by atoms with van der Waals surface area (Å²) in [6.45, 7) is 12.8. The molecule has 3 fully saturated rings. The van der Waals surface area contributed by atoms with Crippen molar-refractivity contribution < 1.29 is 14.3 Å². The molecule has 8 atom stereocenters. The molecule has 156 valence electrons. The summed E-state index contributed by atoms with van der Waals surface area (Å²) in [5.74, 6) is 2.77. The van der Waals surface area contributed by atoms with Gasteiger partial charge in [0.2, 0.25) is 0 Å². The molecular formula is C25H38O3. The van der Waals surface area contributed by atoms with Crippen LogP contribution in [0.4, 0.5) is 0 Å². The first-order valence-electron chi connectivity index (χ1n) is 11.4. The number of ketones is 1. The summed E-state index contributed by atoms with van der Waals surface area (Å²) in [4.78, 5) is 24.2. The first-order chi connectivity index (χ1) is 13.0. The van der Waals surface area contributed by atoms with Gasteiger partial charge in [0.25, 0.3) is 0 Å². The molecule has 4 rings (SSSR count). The van der Waals surface area contributed by atoms with E-state index in [-0.39, 0.29) is 28.3 Å². The van der Waals surface area contributed by atoms with E-state index in [1.54, 1.807) is 0 Å². The molecule has 0 saturated heterocycles. The lowest BCUT2D eigenvalue weighted by Gasteiger charge is -2.59. The second-order valence-corrected chi connectivity index (χ2v) is 11.1. The number of esters is 1. The number of rotatable bonds is 2. The second kappa shape index (κ2) is 6.44. The summed E-state index contributed by atoms with van der Waals surface area (Å²) in [5.41, 5.74) is 1.74. The lowest BCUT2D eigenvalue weighted by atomic mass is 9.45. The molecule has 0 aliphatic heterocycles. The van der Waals surface area contributed by atoms with Gasteiger partial charge in [0.1, 0.15) is 11.9 Å². The van der Waals surface area contributed by atoms with Gasteiger partial charge in [-0.15, -0.1) is 0 Å². The molecule has 3 nitrogen and oxygen atoms in total. The molecule has 3 heteroatoms. The van der Waals surface area contributed by atoms with E-state index in [4.69, 9.17) is 4.74 Å². The third kappa shape index (κ3) is 2.53. The second-order valence-electron chi connectivity index (χ2n) is 11.1. The molecule has 3 saturated carbocycles. The van der Waals surface area contributed by atoms with E-state index in [9.17, 15) is 9.59 Å². The predicted molar refractivity (Wildman–Crippen MR) is 111 cm³/mol. The number of carbonyl (C=O) groups excluding carboxylic acids is 2. The van der Waals surface area contributed by atoms with Crippen LogP contribution in [0.1, 0.15) is 86.5 Å². The van der Waals surface area contributed by atoms with Gasteiger partial charge in [-0.1, -0.05) is 39.3 Å². The Labute approximate surface area is 170 Å². The molecular weight excluding hydrogens is 348 g/mol. The largest absolute Gasteiger partial charge is 0.462 e. The lowest BCUT2D eigenvalue weighted by Crippen LogP contribution is -2.53. The average molecular weight is 387 g/mol. The molecule has 0 radical (unpaired) electrons. The highest BCUT2D eigenvalue weighted by Gasteiger charge is 2.66. The Morgan fingerprint density at radius 2 is 1.79 bits per heavy atom. The fraction of sp³-hybridized carbons (Fsp3) is 0.840. The minimum absolute atomic E-state index is 0.0646. The first-order valence-corrected chi connectivity index (χ1v) is 11.4. The Bertz CT molecular complexity index is 723. The quantitative estimate of drug-likeness (QED) is 0.450. The maximum absolute atomic E-state index is 12.8. The van der Waals surface area contributed by atoms with Crippen LogP contribution in [0.15, 0.2) is 11.6 Å². The molecule has 0 aromatic carbocycles. The van der Waals surface area contributed by atoms with E-state index in [0.29, 0.717) is 29.5 Å². The zero-order valence-corrected chi connectivity index (χ0v) is 18.6. The molecule has 0 amide bonds. The fourth-order valence-corrected chi connectivity index (χ4v) is 8.29. The third-order valence-corrected chi connectivity index (χ3v) is 10.3. The first kappa shape index (κ1) is 20.2. The molecule has 0 unspecified atom stereocenters. The molecule has 0 bridgehead atoms. The Morgan fingerprint density at radius 3 is 2.43 bits per heavy atom. The molecule has 4 aliphatic carbocycles. The SMILES string of the molecule is CC(=O)O[C@H]1CC[C@@]2(C)C(=CC[C@@H]3[C@H]2CC[C@@]2(C)[C@@H]3C[C@@H](C)[C@]2(C)C(C)=O)C1. The third-order valence-electron chi connectivity index (χ3n) is 10.3. The van der Waals surface area contributed by atoms with E-state index >= 15 is 0 Å². The summed E-state index contributed by atoms with van der Waals surface area (Å²) in [6.07, 6.45) is 10.3. The smallest absolute Gasteiger partial charge is 0.302 e. The van der Waals surface area contributed by atoms with E-state index in [2.05, 4.69) is 33.8 Å². The minimum Gasteiger partial charge on any atom is -0.462 e. The van der Waals surface area contributed by atoms with Crippen LogP contribution in [0.5, 0.6) is 0 Å². The van der Waals surface area contributed by atoms with Gasteiger partial charge in [-0.2, -0.15) is 0 Å². The van der Waals surface area contributed by atoms with Crippen LogP contribution in [0, 0.1) is 39.9 Å². The van der Waals surface area contributed by atoms with Crippen molar-refractivity contribution in [2.75, 3.05) is 0 Å². The maximum atomic E-state index is 12.8. The molecule has 28 heavy (non-hydrogen) atoms. The van der Waals surface area contributed by atoms with Gasteiger partial charge in [-0.05, 0) is 80.0 Å². The molecule has 0 N–H and O–H groups in total. The van der Waals surface area contributed by atoms with Gasteiger partial charge in [-0.25, -0.2) is 0 Å². The van der Waals surface area contributed by atoms with Crippen LogP contribution >= 0.6 is 0 Å². The number of carbonyl (C=O) groups is 2. The summed E-state index contributed by atoms with van der Waals surface area (Å²) in [6, 6.07) is 0. The number of allylic oxidation sites excluding steroid dienone is 1. The normalized spacial score (nSPS) is 50.1. The van der Waals surface area contributed by atoms with Crippen molar-refractivity contribution in [1.82, 2.24) is 0 Å². The van der Waals surface area contributed by atoms with Crippen LogP contribution in [0.3, 0.4) is 0 Å². The van der Waals surface area contributed by atoms with Gasteiger partial charge in [0, 0.05) is 18.8 Å². The summed E-state index contributed by atoms with van der Waals surface area (Å²) in [7, 11) is 0. The predicted octanol–water partition coefficient (Wildman–Crippen LogP) is 5.72. The Balaban J connectivity index is 1.64. The lowest BCUT2D eigenvalue weighted by molar-refractivity contribution is -0.150. The van der Waals surface area contributed by atoms with E-state index < -0.39 is 0 Å². The summed E-state index contributed by atoms with van der Waals surface area (Å²) < 4.78 is 5.56. The highest BCUT2D eigenvalue weighted by Crippen LogP contribution is 2.71. The molecule has 0 aromatic rings. The summed E-state index contributed by atoms with van der Waals surface area (Å²) in [5, 5.41) is 0. The highest BCUT2D eigenvalue weighted by molar-refractivity contribution is 5.83. The van der Waals surface area contributed by atoms with Crippen molar-refractivity contribution in [3.63, 3.8) is 0 Å². The van der Waals surface area contributed by atoms with Gasteiger partial charge in [-0.3, -0.25) is 9.59 Å². The van der Waals surface area contributed by atoms with Crippen molar-refractivity contribution in [3.8, 4) is 0 Å². The van der Waals surface area contributed by atoms with Crippen LogP contribution in [0.25, 0.3) is 0 Å². The number of ether oxygens (including phenoxy) is 1. The monoisotopic (exact) mass is 386 g/mol. The van der Waals surface area contributed by atoms with Gasteiger partial charge >= 0.3 is 5.97 Å². The van der Waals surface area contributed by atoms with E-state index in [1.807, 2.05) is 6.92 Å². The van der Waals surface area contributed by atoms with Crippen LogP contribution < -0.4 is 0 Å². The maximum Gasteiger partial charge on any atom is 0.302 e. The zero-order valence-electron chi connectivity index (χ0n) is 18.6. The minimum atomic E-state index is -0.180. The van der Waals surface area contributed by atoms with Crippen molar-refractivity contribution in [2.45, 2.75) is 92.6 Å². The topological polar surface area (TPSA) is 43.4 Å². The van der Waals surface area contributed by atoms with Crippen LogP contribution in [-0.2, 0) is 14.3 Å². The van der Waals surface area contributed by atoms with Gasteiger partial charge < -0.3 is 4.74 Å². The molecule has 4 aliphatic rings. The van der Waals surface area contributed by atoms with Crippen molar-refractivity contribution in [1.29, 1.82) is 0 Å². The van der Waals surface area contributed by atoms with E-state index in [0.717, 1.165) is 25.7 Å². The van der Waals surface area contributed by atoms with Crippen LogP contribution in [-0.4, -0.2) is 17.9 Å². The highest BCUT2D eigenvalue weighted by atomic mass is 16.5. The van der Waals surface area contributed by atoms with E-state index in [1.165, 1.54) is 31.8 Å². The summed E-state index contributed by atoms with van der Waals surface area (Å²) >= 11 is 0. The number of fused-ring (bicyclic) bond motifs is 5. The van der Waals surface area contributed by atoms with Gasteiger partial charge in [0.05, 0.1) is 0 Å². The zero-order chi connectivity index (χ0) is 20.5. The number of hydrogen-bond acceptors (Lipinski definition) is 3. The Morgan fingerprint density at radius 1 is 1.07 bits per heavy atom. The van der Waals surface area contributed by atoms with Crippen molar-refractivity contribution in [3.05, 3.63) is 11.6 Å². The Kier molecular flexibility index (Phi) is 4.64.